The van der Waals surface area contributed by atoms with E-state index >= 15 is 0 Å². The summed E-state index contributed by atoms with van der Waals surface area (Å²) in [7, 11) is 0. The second-order valence-electron chi connectivity index (χ2n) is 2.40. The monoisotopic (exact) mass is 160 g/mol. The summed E-state index contributed by atoms with van der Waals surface area (Å²) in [5, 5.41) is 0.933. The maximum absolute atomic E-state index is 5.31. The van der Waals surface area contributed by atoms with Crippen molar-refractivity contribution in [3.63, 3.8) is 0 Å². The number of hydrazine groups is 1. The highest BCUT2D eigenvalue weighted by molar-refractivity contribution is 5.89. The Bertz CT molecular complexity index is 394. The first kappa shape index (κ1) is 7.00. The van der Waals surface area contributed by atoms with E-state index in [2.05, 4.69) is 15.4 Å². The first-order chi connectivity index (χ1) is 5.92. The number of nitrogens with two attached hydrogens (primary N) is 1. The molecule has 3 N–H and O–H groups in total. The second-order valence-corrected chi connectivity index (χ2v) is 2.40. The molecule has 0 saturated heterocycles. The Hall–Kier alpha value is -1.68. The third-order valence-electron chi connectivity index (χ3n) is 1.70. The summed E-state index contributed by atoms with van der Waals surface area (Å²) >= 11 is 0. The molecule has 12 heavy (non-hydrogen) atoms. The van der Waals surface area contributed by atoms with Crippen molar-refractivity contribution in [2.75, 3.05) is 5.43 Å². The zero-order valence-corrected chi connectivity index (χ0v) is 6.36. The van der Waals surface area contributed by atoms with E-state index in [1.54, 1.807) is 18.6 Å². The molecule has 0 atom stereocenters. The van der Waals surface area contributed by atoms with Gasteiger partial charge in [0.2, 0.25) is 0 Å². The van der Waals surface area contributed by atoms with E-state index in [4.69, 9.17) is 5.84 Å². The molecule has 2 aromatic rings. The first-order valence-corrected chi connectivity index (χ1v) is 3.57. The molecule has 0 saturated carbocycles. The molecule has 4 nitrogen and oxygen atoms in total. The van der Waals surface area contributed by atoms with Crippen LogP contribution in [0.15, 0.2) is 30.7 Å². The minimum atomic E-state index is 0.841. The smallest absolute Gasteiger partial charge is 0.0754 e. The molecule has 0 aliphatic rings. The van der Waals surface area contributed by atoms with Crippen LogP contribution in [0.2, 0.25) is 0 Å². The number of aromatic nitrogens is 2. The second kappa shape index (κ2) is 2.75. The zero-order valence-electron chi connectivity index (χ0n) is 6.36. The van der Waals surface area contributed by atoms with Crippen LogP contribution in [-0.2, 0) is 0 Å². The standard InChI is InChI=1S/C8H8N4/c9-12-8-2-4-11-7-1-3-10-5-6(7)8/h1-5H,9H2,(H,11,12). The number of hydrogen-bond acceptors (Lipinski definition) is 4. The van der Waals surface area contributed by atoms with Gasteiger partial charge in [0.15, 0.2) is 0 Å². The van der Waals surface area contributed by atoms with Crippen LogP contribution >= 0.6 is 0 Å². The molecule has 0 aliphatic heterocycles. The van der Waals surface area contributed by atoms with Crippen molar-refractivity contribution in [3.05, 3.63) is 30.7 Å². The lowest BCUT2D eigenvalue weighted by Crippen LogP contribution is -2.07. The minimum absolute atomic E-state index is 0.841. The topological polar surface area (TPSA) is 63.8 Å². The number of rotatable bonds is 1. The average molecular weight is 160 g/mol. The van der Waals surface area contributed by atoms with E-state index in [1.165, 1.54) is 0 Å². The third kappa shape index (κ3) is 0.981. The molecule has 2 rings (SSSR count). The van der Waals surface area contributed by atoms with Crippen molar-refractivity contribution >= 4 is 16.6 Å². The lowest BCUT2D eigenvalue weighted by molar-refractivity contribution is 1.30. The van der Waals surface area contributed by atoms with E-state index in [-0.39, 0.29) is 0 Å². The van der Waals surface area contributed by atoms with Crippen LogP contribution in [-0.4, -0.2) is 9.97 Å². The molecule has 2 heterocycles. The molecule has 60 valence electrons. The Morgan fingerprint density at radius 1 is 1.25 bits per heavy atom. The molecule has 0 fully saturated rings. The summed E-state index contributed by atoms with van der Waals surface area (Å²) in [4.78, 5) is 8.14. The Kier molecular flexibility index (Phi) is 1.60. The summed E-state index contributed by atoms with van der Waals surface area (Å²) in [5.74, 6) is 5.31. The van der Waals surface area contributed by atoms with Gasteiger partial charge in [-0.15, -0.1) is 0 Å². The highest BCUT2D eigenvalue weighted by atomic mass is 15.2. The van der Waals surface area contributed by atoms with Crippen molar-refractivity contribution in [3.8, 4) is 0 Å². The maximum atomic E-state index is 5.31. The van der Waals surface area contributed by atoms with E-state index in [0.29, 0.717) is 0 Å². The molecule has 0 spiro atoms. The van der Waals surface area contributed by atoms with Crippen molar-refractivity contribution < 1.29 is 0 Å². The van der Waals surface area contributed by atoms with Gasteiger partial charge in [0, 0.05) is 24.0 Å². The fraction of sp³-hybridized carbons (Fsp3) is 0. The quantitative estimate of drug-likeness (QED) is 0.481. The van der Waals surface area contributed by atoms with Gasteiger partial charge in [-0.05, 0) is 12.1 Å². The fourth-order valence-corrected chi connectivity index (χ4v) is 1.11. The summed E-state index contributed by atoms with van der Waals surface area (Å²) in [5.41, 5.74) is 4.32. The van der Waals surface area contributed by atoms with E-state index in [0.717, 1.165) is 16.6 Å². The van der Waals surface area contributed by atoms with Crippen molar-refractivity contribution in [2.45, 2.75) is 0 Å². The summed E-state index contributed by atoms with van der Waals surface area (Å²) in [6, 6.07) is 3.65. The van der Waals surface area contributed by atoms with Crippen LogP contribution in [0.5, 0.6) is 0 Å². The van der Waals surface area contributed by atoms with Gasteiger partial charge in [-0.25, -0.2) is 0 Å². The SMILES string of the molecule is NNc1ccnc2ccncc12. The van der Waals surface area contributed by atoms with Gasteiger partial charge in [-0.3, -0.25) is 15.8 Å². The molecule has 0 unspecified atom stereocenters. The van der Waals surface area contributed by atoms with Crippen molar-refractivity contribution in [1.82, 2.24) is 9.97 Å². The Morgan fingerprint density at radius 3 is 3.00 bits per heavy atom. The van der Waals surface area contributed by atoms with Gasteiger partial charge < -0.3 is 5.43 Å². The zero-order chi connectivity index (χ0) is 8.39. The Labute approximate surface area is 69.4 Å². The molecule has 0 aliphatic carbocycles. The van der Waals surface area contributed by atoms with Gasteiger partial charge >= 0.3 is 0 Å². The normalized spacial score (nSPS) is 10.1. The maximum Gasteiger partial charge on any atom is 0.0754 e. The van der Waals surface area contributed by atoms with Crippen LogP contribution in [0, 0.1) is 0 Å². The molecule has 2 aromatic heterocycles. The van der Waals surface area contributed by atoms with Gasteiger partial charge in [0.25, 0.3) is 0 Å². The third-order valence-corrected chi connectivity index (χ3v) is 1.70. The molecule has 0 aromatic carbocycles. The molecular weight excluding hydrogens is 152 g/mol. The van der Waals surface area contributed by atoms with Gasteiger partial charge in [-0.1, -0.05) is 0 Å². The Balaban J connectivity index is 2.79. The number of hydrogen-bond donors (Lipinski definition) is 2. The highest BCUT2D eigenvalue weighted by Gasteiger charge is 1.97. The largest absolute Gasteiger partial charge is 0.323 e. The number of anilines is 1. The lowest BCUT2D eigenvalue weighted by atomic mass is 10.2. The van der Waals surface area contributed by atoms with Crippen LogP contribution in [0.25, 0.3) is 10.9 Å². The predicted molar refractivity (Wildman–Crippen MR) is 47.3 cm³/mol. The molecular formula is C8H8N4. The van der Waals surface area contributed by atoms with E-state index in [1.807, 2.05) is 12.1 Å². The molecule has 4 heteroatoms. The van der Waals surface area contributed by atoms with Crippen LogP contribution in [0.1, 0.15) is 0 Å². The number of fused-ring (bicyclic) bond motifs is 1. The van der Waals surface area contributed by atoms with Crippen LogP contribution in [0.4, 0.5) is 5.69 Å². The summed E-state index contributed by atoms with van der Waals surface area (Å²) in [6.07, 6.45) is 5.14. The number of pyridine rings is 2. The number of nitrogens with one attached hydrogen (secondary N) is 1. The average Bonchev–Trinajstić information content (AvgIpc) is 2.17. The van der Waals surface area contributed by atoms with E-state index < -0.39 is 0 Å². The Morgan fingerprint density at radius 2 is 2.17 bits per heavy atom. The summed E-state index contributed by atoms with van der Waals surface area (Å²) in [6.45, 7) is 0. The first-order valence-electron chi connectivity index (χ1n) is 3.57. The molecule has 0 amide bonds. The lowest BCUT2D eigenvalue weighted by Gasteiger charge is -2.02. The van der Waals surface area contributed by atoms with Crippen molar-refractivity contribution in [2.24, 2.45) is 5.84 Å². The highest BCUT2D eigenvalue weighted by Crippen LogP contribution is 2.18. The molecule has 0 radical (unpaired) electrons. The van der Waals surface area contributed by atoms with Gasteiger partial charge in [0.1, 0.15) is 0 Å². The van der Waals surface area contributed by atoms with Gasteiger partial charge in [-0.2, -0.15) is 0 Å². The van der Waals surface area contributed by atoms with Crippen LogP contribution < -0.4 is 11.3 Å². The summed E-state index contributed by atoms with van der Waals surface area (Å²) < 4.78 is 0. The van der Waals surface area contributed by atoms with Gasteiger partial charge in [0.05, 0.1) is 11.2 Å². The minimum Gasteiger partial charge on any atom is -0.323 e. The van der Waals surface area contributed by atoms with Crippen LogP contribution in [0.3, 0.4) is 0 Å². The van der Waals surface area contributed by atoms with Crippen molar-refractivity contribution in [1.29, 1.82) is 0 Å². The number of nitrogens with zero attached hydrogens (tertiary/aromatic N) is 2. The van der Waals surface area contributed by atoms with E-state index in [9.17, 15) is 0 Å². The number of nitrogen functional groups attached to an aromatic ring is 1. The predicted octanol–water partition coefficient (Wildman–Crippen LogP) is 0.915. The fourth-order valence-electron chi connectivity index (χ4n) is 1.11. The molecule has 0 bridgehead atoms.